The van der Waals surface area contributed by atoms with Gasteiger partial charge in [-0.2, -0.15) is 10.2 Å². The van der Waals surface area contributed by atoms with Gasteiger partial charge in [0.2, 0.25) is 0 Å². The number of aryl methyl sites for hydroxylation is 2. The van der Waals surface area contributed by atoms with Gasteiger partial charge in [0.1, 0.15) is 22.9 Å². The van der Waals surface area contributed by atoms with E-state index in [1.165, 1.54) is 26.4 Å². The first kappa shape index (κ1) is 48.8. The number of para-hydroxylation sites is 2. The molecule has 0 aliphatic heterocycles. The van der Waals surface area contributed by atoms with Crippen molar-refractivity contribution in [3.05, 3.63) is 203 Å². The number of nitrogens with zero attached hydrogens (tertiary/aromatic N) is 4. The number of ether oxygens (including phenoxy) is 2. The second kappa shape index (κ2) is 21.4. The Morgan fingerprint density at radius 2 is 0.811 bits per heavy atom. The minimum absolute atomic E-state index is 0.0244. The van der Waals surface area contributed by atoms with Gasteiger partial charge in [-0.05, 0) is 109 Å². The van der Waals surface area contributed by atoms with Crippen LogP contribution in [0.15, 0.2) is 190 Å². The molecule has 74 heavy (non-hydrogen) atoms. The molecule has 9 aromatic carbocycles. The van der Waals surface area contributed by atoms with Crippen LogP contribution in [0.3, 0.4) is 0 Å². The molecule has 0 aromatic heterocycles. The van der Waals surface area contributed by atoms with Crippen molar-refractivity contribution in [3.63, 3.8) is 0 Å². The second-order valence-corrected chi connectivity index (χ2v) is 17.0. The number of fused-ring (bicyclic) bond motifs is 2. The lowest BCUT2D eigenvalue weighted by atomic mass is 10.0. The monoisotopic (exact) mass is 982 g/mol. The number of hydrogen-bond donors (Lipinski definition) is 6. The maximum Gasteiger partial charge on any atom is 0.259 e. The summed E-state index contributed by atoms with van der Waals surface area (Å²) in [4.78, 5) is 54.6. The van der Waals surface area contributed by atoms with Crippen molar-refractivity contribution in [1.29, 1.82) is 0 Å². The topological polar surface area (TPSA) is 225 Å². The average molecular weight is 983 g/mol. The highest BCUT2D eigenvalue weighted by molar-refractivity contribution is 6.14. The van der Waals surface area contributed by atoms with Crippen LogP contribution in [0.2, 0.25) is 0 Å². The Bertz CT molecular complexity index is 3710. The Hall–Kier alpha value is -10.2. The molecular weight excluding hydrogens is 937 g/mol. The fraction of sp³-hybridized carbons (Fsp3) is 0.0690. The second-order valence-electron chi connectivity index (χ2n) is 17.0. The minimum atomic E-state index is -0.648. The van der Waals surface area contributed by atoms with Crippen LogP contribution in [0.4, 0.5) is 45.5 Å². The van der Waals surface area contributed by atoms with Crippen molar-refractivity contribution in [3.8, 4) is 23.0 Å². The first-order chi connectivity index (χ1) is 35.8. The number of amides is 4. The number of benzene rings is 9. The van der Waals surface area contributed by atoms with Gasteiger partial charge in [0.05, 0.1) is 36.7 Å². The standard InChI is InChI=1S/C58H46N8O8/c1-33-23-41(61-57(71)48-29-35-15-11-13-21-46(35)51(53(48)67)65-63-42-25-37(27-44(31-42)73-3)55(69)59-39-17-7-5-8-18-39)24-34(2)50(33)62-58(72)49-30-36-16-12-14-22-47(36)52(54(49)68)66-64-43-26-38(28-45(32-43)74-4)56(70)60-40-19-9-6-10-20-40/h5-32,67-68H,1-4H3,(H,59,69)(H,60,70)(H,61,71)(H,62,72). The van der Waals surface area contributed by atoms with Gasteiger partial charge in [-0.3, -0.25) is 19.2 Å². The molecular formula is C58H46N8O8. The Kier molecular flexibility index (Phi) is 14.1. The van der Waals surface area contributed by atoms with Crippen LogP contribution in [-0.4, -0.2) is 48.1 Å². The van der Waals surface area contributed by atoms with Gasteiger partial charge in [0.25, 0.3) is 23.6 Å². The molecule has 0 spiro atoms. The summed E-state index contributed by atoms with van der Waals surface area (Å²) in [6, 6.07) is 47.9. The zero-order valence-electron chi connectivity index (χ0n) is 40.3. The summed E-state index contributed by atoms with van der Waals surface area (Å²) < 4.78 is 10.9. The zero-order chi connectivity index (χ0) is 51.9. The number of anilines is 4. The van der Waals surface area contributed by atoms with Crippen molar-refractivity contribution in [2.45, 2.75) is 13.8 Å². The van der Waals surface area contributed by atoms with Gasteiger partial charge < -0.3 is 41.0 Å². The maximum atomic E-state index is 14.1. The SMILES string of the molecule is COc1cc(N=Nc2c(O)c(C(=O)Nc3cc(C)c(NC(=O)c4cc5ccccc5c(N=Nc5cc(OC)cc(C(=O)Nc6ccccc6)c5)c4O)c(C)c3)cc3ccccc23)cc(C(=O)Nc2ccccc2)c1. The molecule has 0 radical (unpaired) electrons. The first-order valence-electron chi connectivity index (χ1n) is 23.0. The number of rotatable bonds is 14. The Balaban J connectivity index is 0.954. The fourth-order valence-corrected chi connectivity index (χ4v) is 8.24. The molecule has 4 amide bonds. The van der Waals surface area contributed by atoms with Gasteiger partial charge in [0.15, 0.2) is 11.5 Å². The third kappa shape index (κ3) is 10.7. The number of phenolic OH excluding ortho intramolecular Hbond substituents is 2. The molecule has 0 aliphatic rings. The third-order valence-electron chi connectivity index (χ3n) is 11.9. The van der Waals surface area contributed by atoms with Crippen LogP contribution in [0, 0.1) is 13.8 Å². The van der Waals surface area contributed by atoms with E-state index in [1.54, 1.807) is 159 Å². The normalized spacial score (nSPS) is 11.2. The molecule has 0 bridgehead atoms. The van der Waals surface area contributed by atoms with Crippen LogP contribution in [-0.2, 0) is 0 Å². The number of nitrogens with one attached hydrogen (secondary N) is 4. The average Bonchev–Trinajstić information content (AvgIpc) is 3.41. The summed E-state index contributed by atoms with van der Waals surface area (Å²) in [7, 11) is 2.93. The van der Waals surface area contributed by atoms with Crippen molar-refractivity contribution in [2.75, 3.05) is 35.5 Å². The van der Waals surface area contributed by atoms with Crippen LogP contribution in [0.25, 0.3) is 21.5 Å². The lowest BCUT2D eigenvalue weighted by Crippen LogP contribution is -2.16. The number of carbonyl (C=O) groups is 4. The summed E-state index contributed by atoms with van der Waals surface area (Å²) in [5.74, 6) is -2.23. The van der Waals surface area contributed by atoms with Crippen molar-refractivity contribution >= 4 is 90.7 Å². The van der Waals surface area contributed by atoms with E-state index < -0.39 is 35.1 Å². The minimum Gasteiger partial charge on any atom is -0.505 e. The molecule has 366 valence electrons. The quantitative estimate of drug-likeness (QED) is 0.0573. The predicted octanol–water partition coefficient (Wildman–Crippen LogP) is 13.9. The molecule has 16 heteroatoms. The Morgan fingerprint density at radius 3 is 1.24 bits per heavy atom. The van der Waals surface area contributed by atoms with Crippen LogP contribution in [0.1, 0.15) is 52.6 Å². The Morgan fingerprint density at radius 1 is 0.419 bits per heavy atom. The molecule has 0 unspecified atom stereocenters. The van der Waals surface area contributed by atoms with E-state index >= 15 is 0 Å². The summed E-state index contributed by atoms with van der Waals surface area (Å²) >= 11 is 0. The largest absolute Gasteiger partial charge is 0.505 e. The van der Waals surface area contributed by atoms with E-state index in [2.05, 4.69) is 41.7 Å². The van der Waals surface area contributed by atoms with Gasteiger partial charge in [-0.15, -0.1) is 10.2 Å². The van der Waals surface area contributed by atoms with Crippen molar-refractivity contribution in [2.24, 2.45) is 20.5 Å². The molecule has 0 atom stereocenters. The van der Waals surface area contributed by atoms with E-state index in [0.29, 0.717) is 66.9 Å². The molecule has 0 saturated heterocycles. The maximum absolute atomic E-state index is 14.1. The van der Waals surface area contributed by atoms with Crippen LogP contribution in [0.5, 0.6) is 23.0 Å². The number of carbonyl (C=O) groups excluding carboxylic acids is 4. The number of methoxy groups -OCH3 is 2. The molecule has 0 fully saturated rings. The first-order valence-corrected chi connectivity index (χ1v) is 23.0. The number of azo groups is 2. The summed E-state index contributed by atoms with van der Waals surface area (Å²) in [6.45, 7) is 3.50. The molecule has 0 aliphatic carbocycles. The van der Waals surface area contributed by atoms with Gasteiger partial charge >= 0.3 is 0 Å². The highest BCUT2D eigenvalue weighted by Gasteiger charge is 2.23. The number of hydrogen-bond acceptors (Lipinski definition) is 12. The molecule has 16 nitrogen and oxygen atoms in total. The van der Waals surface area contributed by atoms with E-state index in [1.807, 2.05) is 12.1 Å². The highest BCUT2D eigenvalue weighted by Crippen LogP contribution is 2.42. The number of aromatic hydroxyl groups is 2. The van der Waals surface area contributed by atoms with Crippen molar-refractivity contribution in [1.82, 2.24) is 0 Å². The van der Waals surface area contributed by atoms with Crippen molar-refractivity contribution < 1.29 is 38.9 Å². The molecule has 0 heterocycles. The molecule has 0 saturated carbocycles. The van der Waals surface area contributed by atoms with E-state index in [9.17, 15) is 29.4 Å². The summed E-state index contributed by atoms with van der Waals surface area (Å²) in [5.41, 5.74) is 4.07. The summed E-state index contributed by atoms with van der Waals surface area (Å²) in [5, 5.41) is 54.7. The Labute approximate surface area is 424 Å². The third-order valence-corrected chi connectivity index (χ3v) is 11.9. The predicted molar refractivity (Wildman–Crippen MR) is 286 cm³/mol. The molecule has 9 rings (SSSR count). The lowest BCUT2D eigenvalue weighted by Gasteiger charge is -2.16. The van der Waals surface area contributed by atoms with E-state index in [4.69, 9.17) is 9.47 Å². The van der Waals surface area contributed by atoms with Gasteiger partial charge in [-0.1, -0.05) is 84.9 Å². The lowest BCUT2D eigenvalue weighted by molar-refractivity contribution is 0.101. The van der Waals surface area contributed by atoms with E-state index in [0.717, 1.165) is 0 Å². The molecule has 6 N–H and O–H groups in total. The number of phenols is 2. The van der Waals surface area contributed by atoms with Crippen LogP contribution >= 0.6 is 0 Å². The summed E-state index contributed by atoms with van der Waals surface area (Å²) in [6.07, 6.45) is 0. The highest BCUT2D eigenvalue weighted by atomic mass is 16.5. The van der Waals surface area contributed by atoms with Crippen LogP contribution < -0.4 is 30.7 Å². The fourth-order valence-electron chi connectivity index (χ4n) is 8.24. The van der Waals surface area contributed by atoms with Gasteiger partial charge in [0, 0.05) is 56.8 Å². The molecule has 9 aromatic rings. The smallest absolute Gasteiger partial charge is 0.259 e. The zero-order valence-corrected chi connectivity index (χ0v) is 40.3. The van der Waals surface area contributed by atoms with Gasteiger partial charge in [-0.25, -0.2) is 0 Å². The van der Waals surface area contributed by atoms with E-state index in [-0.39, 0.29) is 45.0 Å².